The minimum absolute atomic E-state index is 0.244. The van der Waals surface area contributed by atoms with Gasteiger partial charge in [-0.3, -0.25) is 14.5 Å². The molecule has 1 fully saturated rings. The van der Waals surface area contributed by atoms with E-state index in [4.69, 9.17) is 33.7 Å². The first-order chi connectivity index (χ1) is 22.9. The molecule has 3 aromatic carbocycles. The van der Waals surface area contributed by atoms with Gasteiger partial charge in [0.15, 0.2) is 0 Å². The summed E-state index contributed by atoms with van der Waals surface area (Å²) < 4.78 is 20.3. The van der Waals surface area contributed by atoms with Gasteiger partial charge in [-0.05, 0) is 61.3 Å². The molecule has 12 heteroatoms. The number of nitrogens with one attached hydrogen (secondary N) is 1. The molecule has 0 aliphatic carbocycles. The van der Waals surface area contributed by atoms with Crippen LogP contribution in [0.2, 0.25) is 10.0 Å². The molecule has 0 radical (unpaired) electrons. The number of likely N-dealkylation sites (tertiary alicyclic amines) is 1. The van der Waals surface area contributed by atoms with Gasteiger partial charge < -0.3 is 25.6 Å². The number of hydrogen-bond acceptors (Lipinski definition) is 6. The van der Waals surface area contributed by atoms with Gasteiger partial charge in [0.2, 0.25) is 11.8 Å². The SMILES string of the molecule is CN1C(=O)OC2(CCN(CC[C@@](C)(C(=O)N(C)[C@H](Cc3ccccc3)C(=O)NCCN)c3ccc(Cl)c(Cl)c3)CC2)c2cc(F)ccc21. The third-order valence-electron chi connectivity index (χ3n) is 9.79. The lowest BCUT2D eigenvalue weighted by Crippen LogP contribution is -2.55. The molecule has 0 aromatic heterocycles. The lowest BCUT2D eigenvalue weighted by Gasteiger charge is -2.46. The Labute approximate surface area is 291 Å². The highest BCUT2D eigenvalue weighted by Gasteiger charge is 2.47. The molecule has 0 unspecified atom stereocenters. The van der Waals surface area contributed by atoms with Crippen molar-refractivity contribution >= 4 is 46.8 Å². The molecule has 0 bridgehead atoms. The Balaban J connectivity index is 1.39. The van der Waals surface area contributed by atoms with Gasteiger partial charge in [0.05, 0.1) is 21.1 Å². The van der Waals surface area contributed by atoms with Crippen LogP contribution in [-0.4, -0.2) is 80.6 Å². The number of likely N-dealkylation sites (N-methyl/N-ethyl adjacent to an activating group) is 1. The van der Waals surface area contributed by atoms with Crippen LogP contribution in [0.15, 0.2) is 66.7 Å². The fourth-order valence-corrected chi connectivity index (χ4v) is 7.04. The van der Waals surface area contributed by atoms with Gasteiger partial charge in [0.1, 0.15) is 17.5 Å². The number of carbonyl (C=O) groups is 3. The van der Waals surface area contributed by atoms with Gasteiger partial charge in [-0.15, -0.1) is 0 Å². The maximum absolute atomic E-state index is 14.7. The van der Waals surface area contributed by atoms with E-state index in [0.717, 1.165) is 5.56 Å². The summed E-state index contributed by atoms with van der Waals surface area (Å²) >= 11 is 12.8. The lowest BCUT2D eigenvalue weighted by atomic mass is 9.77. The van der Waals surface area contributed by atoms with E-state index in [2.05, 4.69) is 10.2 Å². The van der Waals surface area contributed by atoms with Crippen LogP contribution in [0.3, 0.4) is 0 Å². The smallest absolute Gasteiger partial charge is 0.414 e. The second-order valence-corrected chi connectivity index (χ2v) is 13.7. The van der Waals surface area contributed by atoms with Crippen molar-refractivity contribution in [3.8, 4) is 0 Å². The molecular formula is C36H42Cl2FN5O4. The Bertz CT molecular complexity index is 1650. The van der Waals surface area contributed by atoms with Crippen molar-refractivity contribution in [1.82, 2.24) is 15.1 Å². The van der Waals surface area contributed by atoms with Gasteiger partial charge in [0, 0.05) is 65.1 Å². The highest BCUT2D eigenvalue weighted by molar-refractivity contribution is 6.42. The summed E-state index contributed by atoms with van der Waals surface area (Å²) in [5, 5.41) is 3.56. The number of nitrogens with two attached hydrogens (primary N) is 1. The molecule has 0 saturated carbocycles. The average molecular weight is 699 g/mol. The highest BCUT2D eigenvalue weighted by atomic mass is 35.5. The van der Waals surface area contributed by atoms with E-state index in [-0.39, 0.29) is 30.7 Å². The maximum atomic E-state index is 14.7. The van der Waals surface area contributed by atoms with E-state index in [9.17, 15) is 18.8 Å². The van der Waals surface area contributed by atoms with E-state index in [1.54, 1.807) is 38.4 Å². The fourth-order valence-electron chi connectivity index (χ4n) is 6.75. The normalized spacial score (nSPS) is 17.6. The van der Waals surface area contributed by atoms with Crippen molar-refractivity contribution in [1.29, 1.82) is 0 Å². The van der Waals surface area contributed by atoms with Crippen LogP contribution in [0.25, 0.3) is 0 Å². The summed E-state index contributed by atoms with van der Waals surface area (Å²) in [6.07, 6.45) is 1.20. The van der Waals surface area contributed by atoms with E-state index >= 15 is 0 Å². The molecular weight excluding hydrogens is 656 g/mol. The zero-order valence-electron chi connectivity index (χ0n) is 27.5. The third-order valence-corrected chi connectivity index (χ3v) is 10.5. The molecule has 2 heterocycles. The van der Waals surface area contributed by atoms with Crippen LogP contribution < -0.4 is 16.0 Å². The quantitative estimate of drug-likeness (QED) is 0.274. The number of nitrogens with zero attached hydrogens (tertiary/aromatic N) is 3. The number of benzene rings is 3. The van der Waals surface area contributed by atoms with Crippen molar-refractivity contribution in [2.45, 2.75) is 49.7 Å². The van der Waals surface area contributed by atoms with Gasteiger partial charge >= 0.3 is 6.09 Å². The molecule has 2 aliphatic heterocycles. The van der Waals surface area contributed by atoms with Crippen LogP contribution in [0, 0.1) is 5.82 Å². The molecule has 256 valence electrons. The minimum Gasteiger partial charge on any atom is -0.437 e. The summed E-state index contributed by atoms with van der Waals surface area (Å²) in [5.74, 6) is -0.918. The van der Waals surface area contributed by atoms with Crippen LogP contribution in [-0.2, 0) is 31.8 Å². The zero-order valence-corrected chi connectivity index (χ0v) is 29.0. The summed E-state index contributed by atoms with van der Waals surface area (Å²) in [5.41, 5.74) is 6.56. The Morgan fingerprint density at radius 2 is 1.79 bits per heavy atom. The Hall–Kier alpha value is -3.70. The van der Waals surface area contributed by atoms with E-state index < -0.39 is 23.2 Å². The molecule has 3 amide bonds. The second-order valence-electron chi connectivity index (χ2n) is 12.8. The molecule has 2 aliphatic rings. The molecule has 48 heavy (non-hydrogen) atoms. The zero-order chi connectivity index (χ0) is 34.6. The monoisotopic (exact) mass is 697 g/mol. The topological polar surface area (TPSA) is 108 Å². The summed E-state index contributed by atoms with van der Waals surface area (Å²) in [6, 6.07) is 18.4. The predicted molar refractivity (Wildman–Crippen MR) is 186 cm³/mol. The first-order valence-corrected chi connectivity index (χ1v) is 16.9. The lowest BCUT2D eigenvalue weighted by molar-refractivity contribution is -0.143. The summed E-state index contributed by atoms with van der Waals surface area (Å²) in [6.45, 7) is 4.08. The van der Waals surface area contributed by atoms with Crippen molar-refractivity contribution < 1.29 is 23.5 Å². The van der Waals surface area contributed by atoms with Gasteiger partial charge in [0.25, 0.3) is 0 Å². The number of fused-ring (bicyclic) bond motifs is 2. The average Bonchev–Trinajstić information content (AvgIpc) is 3.09. The van der Waals surface area contributed by atoms with Crippen molar-refractivity contribution in [3.05, 3.63) is 99.3 Å². The maximum Gasteiger partial charge on any atom is 0.414 e. The molecule has 1 saturated heterocycles. The van der Waals surface area contributed by atoms with Gasteiger partial charge in [-0.25, -0.2) is 9.18 Å². The first-order valence-electron chi connectivity index (χ1n) is 16.1. The number of ether oxygens (including phenoxy) is 1. The molecule has 1 spiro atoms. The van der Waals surface area contributed by atoms with Gasteiger partial charge in [-0.2, -0.15) is 0 Å². The second kappa shape index (κ2) is 14.8. The van der Waals surface area contributed by atoms with Crippen LogP contribution in [0.5, 0.6) is 0 Å². The Kier molecular flexibility index (Phi) is 11.0. The van der Waals surface area contributed by atoms with Gasteiger partial charge in [-0.1, -0.05) is 59.6 Å². The predicted octanol–water partition coefficient (Wildman–Crippen LogP) is 5.50. The van der Waals surface area contributed by atoms with Crippen molar-refractivity contribution in [2.24, 2.45) is 5.73 Å². The van der Waals surface area contributed by atoms with Crippen LogP contribution in [0.1, 0.15) is 42.9 Å². The van der Waals surface area contributed by atoms with Crippen molar-refractivity contribution in [2.75, 3.05) is 51.7 Å². The summed E-state index contributed by atoms with van der Waals surface area (Å²) in [4.78, 5) is 46.0. The number of rotatable bonds is 11. The standard InChI is InChI=1S/C36H42Cl2FN5O4/c1-35(25-9-11-28(37)29(38)22-25,33(46)42(2)31(32(45)41-17-16-40)21-24-7-5-4-6-8-24)13-18-44-19-14-36(15-20-44)27-23-26(39)10-12-30(27)43(3)34(47)48-36/h4-12,22-23,31H,13-21,40H2,1-3H3,(H,41,45)/t31-,35-/m1/s1. The third kappa shape index (κ3) is 7.32. The molecule has 3 aromatic rings. The Morgan fingerprint density at radius 1 is 1.08 bits per heavy atom. The van der Waals surface area contributed by atoms with Crippen molar-refractivity contribution in [3.63, 3.8) is 0 Å². The minimum atomic E-state index is -1.09. The number of amides is 3. The largest absolute Gasteiger partial charge is 0.437 e. The first kappa shape index (κ1) is 35.6. The molecule has 5 rings (SSSR count). The molecule has 3 N–H and O–H groups in total. The molecule has 2 atom stereocenters. The number of piperidine rings is 1. The Morgan fingerprint density at radius 3 is 2.46 bits per heavy atom. The number of anilines is 1. The fraction of sp³-hybridized carbons (Fsp3) is 0.417. The number of carbonyl (C=O) groups excluding carboxylic acids is 3. The molecule has 9 nitrogen and oxygen atoms in total. The van der Waals surface area contributed by atoms with E-state index in [1.807, 2.05) is 37.3 Å². The van der Waals surface area contributed by atoms with E-state index in [0.29, 0.717) is 72.2 Å². The highest BCUT2D eigenvalue weighted by Crippen LogP contribution is 2.46. The van der Waals surface area contributed by atoms with E-state index in [1.165, 1.54) is 21.9 Å². The van der Waals surface area contributed by atoms with Crippen LogP contribution >= 0.6 is 23.2 Å². The number of hydrogen-bond donors (Lipinski definition) is 2. The summed E-state index contributed by atoms with van der Waals surface area (Å²) in [7, 11) is 3.27. The number of halogens is 3. The van der Waals surface area contributed by atoms with Crippen LogP contribution in [0.4, 0.5) is 14.9 Å².